The van der Waals surface area contributed by atoms with E-state index in [4.69, 9.17) is 18.0 Å². The Morgan fingerprint density at radius 2 is 0.864 bits per heavy atom. The lowest BCUT2D eigenvalue weighted by Gasteiger charge is -2.26. The molecule has 388 valence electrons. The first-order valence-corrected chi connectivity index (χ1v) is 27.4. The van der Waals surface area contributed by atoms with Crippen LogP contribution in [0.1, 0.15) is 0 Å². The van der Waals surface area contributed by atoms with E-state index in [1.165, 1.54) is 17.5 Å². The molecule has 81 heavy (non-hydrogen) atoms. The summed E-state index contributed by atoms with van der Waals surface area (Å²) in [4.78, 5) is 2.08. The first-order chi connectivity index (χ1) is 39.8. The van der Waals surface area contributed by atoms with Crippen molar-refractivity contribution >= 4 is 142 Å². The van der Waals surface area contributed by atoms with Crippen molar-refractivity contribution in [1.82, 2.24) is 9.13 Å². The highest BCUT2D eigenvalue weighted by Gasteiger charge is 2.24. The number of benzene rings is 11. The van der Waals surface area contributed by atoms with Gasteiger partial charge in [-0.05, 0) is 156 Å². The molecule has 16 rings (SSSR count). The van der Waals surface area contributed by atoms with Gasteiger partial charge in [-0.3, -0.25) is 0 Å². The van der Waals surface area contributed by atoms with E-state index in [1.807, 2.05) is 72.8 Å². The van der Waals surface area contributed by atoms with Gasteiger partial charge in [0.05, 0.1) is 21.8 Å². The number of aromatic nitrogens is 2. The van der Waals surface area contributed by atoms with Crippen LogP contribution in [-0.2, 0) is 13.1 Å². The second-order valence-corrected chi connectivity index (χ2v) is 21.4. The van der Waals surface area contributed by atoms with Crippen LogP contribution in [0.3, 0.4) is 0 Å². The van der Waals surface area contributed by atoms with Crippen molar-refractivity contribution in [2.45, 2.75) is 13.1 Å². The molecular formula is C70H41BrF3N3O4. The lowest BCUT2D eigenvalue weighted by Crippen LogP contribution is -2.10. The SMILES string of the molecule is FC(F)=C(F)Oc1ccc(N(c2cccc(-c3ccc4c(c3)c3ccc5oc6ccccc6c5c3n4CCn3c4ccc(-c5cccc(Br)c5)cc4c4ccc5oc6ccccc6c5c43)c2)c2ccc3oc4ccccc4c3c2)cc1. The Morgan fingerprint density at radius 1 is 0.383 bits per heavy atom. The second-order valence-electron chi connectivity index (χ2n) is 20.4. The van der Waals surface area contributed by atoms with Gasteiger partial charge in [0.15, 0.2) is 0 Å². The van der Waals surface area contributed by atoms with Gasteiger partial charge in [0.2, 0.25) is 0 Å². The van der Waals surface area contributed by atoms with Gasteiger partial charge in [0, 0.05) is 88.7 Å². The molecule has 0 bridgehead atoms. The molecule has 0 atom stereocenters. The molecule has 0 saturated carbocycles. The van der Waals surface area contributed by atoms with Crippen LogP contribution in [0.2, 0.25) is 0 Å². The Morgan fingerprint density at radius 3 is 1.46 bits per heavy atom. The average molecular weight is 1130 g/mol. The van der Waals surface area contributed by atoms with E-state index in [0.29, 0.717) is 18.8 Å². The quantitative estimate of drug-likeness (QED) is 0.128. The summed E-state index contributed by atoms with van der Waals surface area (Å²) in [6.45, 7) is 1.28. The number of rotatable bonds is 10. The number of aryl methyl sites for hydroxylation is 2. The Balaban J connectivity index is 0.858. The summed E-state index contributed by atoms with van der Waals surface area (Å²) in [5.41, 5.74) is 15.9. The van der Waals surface area contributed by atoms with Gasteiger partial charge in [0.25, 0.3) is 0 Å². The Hall–Kier alpha value is -9.97. The van der Waals surface area contributed by atoms with Crippen molar-refractivity contribution in [3.63, 3.8) is 0 Å². The van der Waals surface area contributed by atoms with E-state index in [2.05, 4.69) is 157 Å². The average Bonchev–Trinajstić information content (AvgIpc) is 4.46. The fourth-order valence-electron chi connectivity index (χ4n) is 12.4. The lowest BCUT2D eigenvalue weighted by atomic mass is 10.0. The summed E-state index contributed by atoms with van der Waals surface area (Å²) in [5.74, 6) is -0.0628. The summed E-state index contributed by atoms with van der Waals surface area (Å²) in [5, 5.41) is 10.7. The number of para-hydroxylation sites is 3. The number of fused-ring (bicyclic) bond motifs is 17. The molecule has 11 aromatic carbocycles. The highest BCUT2D eigenvalue weighted by atomic mass is 79.9. The number of ether oxygens (including phenoxy) is 1. The van der Waals surface area contributed by atoms with E-state index in [9.17, 15) is 13.2 Å². The van der Waals surface area contributed by atoms with Crippen molar-refractivity contribution in [1.29, 1.82) is 0 Å². The fraction of sp³-hybridized carbons (Fsp3) is 0.0286. The van der Waals surface area contributed by atoms with E-state index in [0.717, 1.165) is 142 Å². The van der Waals surface area contributed by atoms with Crippen LogP contribution in [0, 0.1) is 0 Å². The van der Waals surface area contributed by atoms with Gasteiger partial charge >= 0.3 is 12.1 Å². The molecule has 0 aliphatic heterocycles. The molecule has 0 saturated heterocycles. The number of hydrogen-bond acceptors (Lipinski definition) is 5. The van der Waals surface area contributed by atoms with E-state index >= 15 is 0 Å². The monoisotopic (exact) mass is 1120 g/mol. The Labute approximate surface area is 467 Å². The van der Waals surface area contributed by atoms with Gasteiger partial charge in [0.1, 0.15) is 39.2 Å². The molecule has 0 aliphatic carbocycles. The third-order valence-corrected chi connectivity index (χ3v) is 16.4. The number of halogens is 4. The van der Waals surface area contributed by atoms with E-state index < -0.39 is 12.1 Å². The van der Waals surface area contributed by atoms with Crippen molar-refractivity contribution in [3.05, 3.63) is 241 Å². The number of nitrogens with zero attached hydrogens (tertiary/aromatic N) is 3. The molecule has 0 aliphatic rings. The minimum absolute atomic E-state index is 0.0628. The van der Waals surface area contributed by atoms with Crippen molar-refractivity contribution < 1.29 is 31.2 Å². The van der Waals surface area contributed by atoms with Crippen LogP contribution < -0.4 is 9.64 Å². The first-order valence-electron chi connectivity index (χ1n) is 26.6. The van der Waals surface area contributed by atoms with Crippen molar-refractivity contribution in [3.8, 4) is 28.0 Å². The molecule has 7 nitrogen and oxygen atoms in total. The van der Waals surface area contributed by atoms with Crippen LogP contribution in [0.25, 0.3) is 132 Å². The predicted octanol–water partition coefficient (Wildman–Crippen LogP) is 21.3. The maximum atomic E-state index is 14.0. The zero-order chi connectivity index (χ0) is 54.0. The third kappa shape index (κ3) is 7.56. The van der Waals surface area contributed by atoms with Crippen molar-refractivity contribution in [2.24, 2.45) is 0 Å². The smallest absolute Gasteiger partial charge is 0.344 e. The lowest BCUT2D eigenvalue weighted by molar-refractivity contribution is 0.241. The van der Waals surface area contributed by atoms with Crippen LogP contribution in [0.5, 0.6) is 5.75 Å². The largest absolute Gasteiger partial charge is 0.456 e. The highest BCUT2D eigenvalue weighted by Crippen LogP contribution is 2.45. The van der Waals surface area contributed by atoms with E-state index in [1.54, 1.807) is 12.1 Å². The summed E-state index contributed by atoms with van der Waals surface area (Å²) in [7, 11) is 0. The van der Waals surface area contributed by atoms with E-state index in [-0.39, 0.29) is 5.75 Å². The summed E-state index contributed by atoms with van der Waals surface area (Å²) < 4.78 is 70.4. The fourth-order valence-corrected chi connectivity index (χ4v) is 12.8. The molecular weight excluding hydrogens is 1080 g/mol. The highest BCUT2D eigenvalue weighted by molar-refractivity contribution is 9.10. The molecule has 0 fully saturated rings. The summed E-state index contributed by atoms with van der Waals surface area (Å²) in [6.07, 6.45) is -2.53. The maximum Gasteiger partial charge on any atom is 0.344 e. The van der Waals surface area contributed by atoms with Gasteiger partial charge in [-0.25, -0.2) is 0 Å². The van der Waals surface area contributed by atoms with Gasteiger partial charge < -0.3 is 32.0 Å². The Kier molecular flexibility index (Phi) is 10.6. The molecule has 16 aromatic rings. The first kappa shape index (κ1) is 47.1. The van der Waals surface area contributed by atoms with Crippen LogP contribution in [-0.4, -0.2) is 9.13 Å². The zero-order valence-corrected chi connectivity index (χ0v) is 44.3. The molecule has 5 aromatic heterocycles. The summed E-state index contributed by atoms with van der Waals surface area (Å²) in [6, 6.07) is 73.9. The second kappa shape index (κ2) is 18.3. The number of hydrogen-bond donors (Lipinski definition) is 0. The zero-order valence-electron chi connectivity index (χ0n) is 42.8. The molecule has 5 heterocycles. The number of anilines is 3. The van der Waals surface area contributed by atoms with Crippen molar-refractivity contribution in [2.75, 3.05) is 4.90 Å². The van der Waals surface area contributed by atoms with Gasteiger partial charge in [-0.1, -0.05) is 107 Å². The van der Waals surface area contributed by atoms with Gasteiger partial charge in [-0.2, -0.15) is 13.2 Å². The molecule has 0 amide bonds. The standard InChI is InChI=1S/C70H41BrF3N3O4/c71-44-11-7-9-40(35-44)42-19-28-57-54(37-42)50-26-31-63-65(52-14-2-5-17-60(52)80-63)67(50)75(57)33-34-76-58-29-20-43(38-55(58)51-27-32-64-66(68(51)76)53-15-3-6-18-61(53)81-64)41-10-8-12-46(36-41)77(45-21-24-48(25-22-45)78-70(74)69(72)73)47-23-30-62-56(39-47)49-13-1-4-16-59(49)79-62/h1-32,35-39H,33-34H2. The predicted molar refractivity (Wildman–Crippen MR) is 325 cm³/mol. The summed E-state index contributed by atoms with van der Waals surface area (Å²) >= 11 is 3.70. The van der Waals surface area contributed by atoms with Gasteiger partial charge in [-0.15, -0.1) is 0 Å². The minimum atomic E-state index is -2.53. The maximum absolute atomic E-state index is 14.0. The molecule has 0 radical (unpaired) electrons. The molecule has 11 heteroatoms. The normalized spacial score (nSPS) is 12.0. The van der Waals surface area contributed by atoms with Crippen LogP contribution in [0.15, 0.2) is 254 Å². The Bertz CT molecular complexity index is 5290. The number of furan rings is 3. The molecule has 0 N–H and O–H groups in total. The third-order valence-electron chi connectivity index (χ3n) is 15.9. The molecule has 0 unspecified atom stereocenters. The van der Waals surface area contributed by atoms with Crippen LogP contribution in [0.4, 0.5) is 30.2 Å². The molecule has 0 spiro atoms. The topological polar surface area (TPSA) is 61.8 Å². The van der Waals surface area contributed by atoms with Crippen LogP contribution >= 0.6 is 15.9 Å². The minimum Gasteiger partial charge on any atom is -0.456 e.